The van der Waals surface area contributed by atoms with Crippen LogP contribution in [0.3, 0.4) is 0 Å². The predicted molar refractivity (Wildman–Crippen MR) is 87.4 cm³/mol. The Morgan fingerprint density at radius 3 is 2.87 bits per heavy atom. The summed E-state index contributed by atoms with van der Waals surface area (Å²) < 4.78 is 11.1. The molecule has 5 nitrogen and oxygen atoms in total. The van der Waals surface area contributed by atoms with E-state index in [1.807, 2.05) is 12.1 Å². The molecule has 0 saturated heterocycles. The Hall–Kier alpha value is -1.88. The van der Waals surface area contributed by atoms with Crippen molar-refractivity contribution in [1.29, 1.82) is 0 Å². The van der Waals surface area contributed by atoms with E-state index in [1.165, 1.54) is 31.2 Å². The minimum Gasteiger partial charge on any atom is -0.493 e. The van der Waals surface area contributed by atoms with Gasteiger partial charge < -0.3 is 15.0 Å². The van der Waals surface area contributed by atoms with Crippen LogP contribution < -0.4 is 10.5 Å². The zero-order chi connectivity index (χ0) is 15.6. The lowest BCUT2D eigenvalue weighted by molar-refractivity contribution is 0.302. The summed E-state index contributed by atoms with van der Waals surface area (Å²) in [6.07, 6.45) is 7.97. The molecule has 2 aliphatic rings. The second kappa shape index (κ2) is 6.32. The molecule has 1 aliphatic heterocycles. The number of rotatable bonds is 2. The highest BCUT2D eigenvalue weighted by molar-refractivity contribution is 5.59. The van der Waals surface area contributed by atoms with Gasteiger partial charge in [-0.05, 0) is 36.6 Å². The van der Waals surface area contributed by atoms with Crippen molar-refractivity contribution in [2.75, 3.05) is 6.61 Å². The molecular weight excluding hydrogens is 290 g/mol. The number of ether oxygens (including phenoxy) is 1. The van der Waals surface area contributed by atoms with E-state index in [0.29, 0.717) is 11.7 Å². The van der Waals surface area contributed by atoms with Crippen molar-refractivity contribution in [2.45, 2.75) is 56.9 Å². The number of benzene rings is 1. The largest absolute Gasteiger partial charge is 0.493 e. The van der Waals surface area contributed by atoms with Crippen LogP contribution in [0, 0.1) is 0 Å². The van der Waals surface area contributed by atoms with E-state index >= 15 is 0 Å². The van der Waals surface area contributed by atoms with Gasteiger partial charge in [0.2, 0.25) is 11.7 Å². The van der Waals surface area contributed by atoms with Gasteiger partial charge in [-0.15, -0.1) is 0 Å². The molecule has 2 N–H and O–H groups in total. The number of hydrogen-bond acceptors (Lipinski definition) is 5. The fourth-order valence-electron chi connectivity index (χ4n) is 3.65. The Morgan fingerprint density at radius 2 is 1.96 bits per heavy atom. The molecule has 2 unspecified atom stereocenters. The molecule has 122 valence electrons. The third kappa shape index (κ3) is 2.98. The molecule has 2 heterocycles. The minimum atomic E-state index is 0.122. The summed E-state index contributed by atoms with van der Waals surface area (Å²) in [6.45, 7) is 0.757. The van der Waals surface area contributed by atoms with Crippen molar-refractivity contribution in [3.05, 3.63) is 29.7 Å². The van der Waals surface area contributed by atoms with Gasteiger partial charge in [0.15, 0.2) is 0 Å². The van der Waals surface area contributed by atoms with Crippen LogP contribution in [0.1, 0.15) is 55.9 Å². The summed E-state index contributed by atoms with van der Waals surface area (Å²) >= 11 is 0. The average Bonchev–Trinajstić information content (AvgIpc) is 3.19. The van der Waals surface area contributed by atoms with Gasteiger partial charge >= 0.3 is 0 Å². The van der Waals surface area contributed by atoms with Gasteiger partial charge in [0, 0.05) is 18.0 Å². The molecule has 23 heavy (non-hydrogen) atoms. The van der Waals surface area contributed by atoms with Crippen molar-refractivity contribution in [3.63, 3.8) is 0 Å². The standard InChI is InChI=1S/C18H23N3O2/c19-15-6-4-2-1-3-5-14(15)18-20-17(21-23-18)13-7-8-16-12(11-13)9-10-22-16/h7-8,11,14-15H,1-6,9-10,19H2. The molecule has 0 spiro atoms. The fraction of sp³-hybridized carbons (Fsp3) is 0.556. The molecule has 0 radical (unpaired) electrons. The van der Waals surface area contributed by atoms with Crippen LogP contribution in [0.4, 0.5) is 0 Å². The molecule has 1 fully saturated rings. The van der Waals surface area contributed by atoms with Crippen molar-refractivity contribution in [1.82, 2.24) is 10.1 Å². The zero-order valence-corrected chi connectivity index (χ0v) is 13.3. The van der Waals surface area contributed by atoms with Gasteiger partial charge in [0.05, 0.1) is 12.5 Å². The van der Waals surface area contributed by atoms with Gasteiger partial charge in [-0.2, -0.15) is 4.98 Å². The summed E-state index contributed by atoms with van der Waals surface area (Å²) in [5.41, 5.74) is 8.57. The molecule has 1 aromatic heterocycles. The van der Waals surface area contributed by atoms with E-state index in [4.69, 9.17) is 15.0 Å². The van der Waals surface area contributed by atoms with Gasteiger partial charge in [0.1, 0.15) is 5.75 Å². The Labute approximate surface area is 136 Å². The smallest absolute Gasteiger partial charge is 0.231 e. The first kappa shape index (κ1) is 14.7. The Balaban J connectivity index is 1.58. The molecule has 2 aromatic rings. The van der Waals surface area contributed by atoms with E-state index in [9.17, 15) is 0 Å². The van der Waals surface area contributed by atoms with Crippen LogP contribution in [-0.4, -0.2) is 22.8 Å². The molecule has 1 aliphatic carbocycles. The molecule has 0 bridgehead atoms. The van der Waals surface area contributed by atoms with Crippen LogP contribution in [0.2, 0.25) is 0 Å². The number of hydrogen-bond donors (Lipinski definition) is 1. The first-order valence-electron chi connectivity index (χ1n) is 8.66. The van der Waals surface area contributed by atoms with E-state index in [0.717, 1.165) is 37.2 Å². The topological polar surface area (TPSA) is 74.2 Å². The molecule has 5 heteroatoms. The lowest BCUT2D eigenvalue weighted by atomic mass is 9.87. The summed E-state index contributed by atoms with van der Waals surface area (Å²) in [5, 5.41) is 4.19. The van der Waals surface area contributed by atoms with Crippen molar-refractivity contribution < 1.29 is 9.26 Å². The van der Waals surface area contributed by atoms with Gasteiger partial charge in [-0.25, -0.2) is 0 Å². The third-order valence-corrected chi connectivity index (χ3v) is 5.03. The average molecular weight is 313 g/mol. The molecular formula is C18H23N3O2. The van der Waals surface area contributed by atoms with E-state index in [1.54, 1.807) is 0 Å². The third-order valence-electron chi connectivity index (χ3n) is 5.03. The van der Waals surface area contributed by atoms with Crippen molar-refractivity contribution in [2.24, 2.45) is 5.73 Å². The first-order valence-corrected chi connectivity index (χ1v) is 8.66. The number of nitrogens with two attached hydrogens (primary N) is 1. The summed E-state index contributed by atoms with van der Waals surface area (Å²) in [7, 11) is 0. The second-order valence-corrected chi connectivity index (χ2v) is 6.64. The summed E-state index contributed by atoms with van der Waals surface area (Å²) in [4.78, 5) is 4.65. The van der Waals surface area contributed by atoms with E-state index in [2.05, 4.69) is 16.2 Å². The highest BCUT2D eigenvalue weighted by Crippen LogP contribution is 2.32. The Bertz CT molecular complexity index is 683. The second-order valence-electron chi connectivity index (χ2n) is 6.64. The SMILES string of the molecule is NC1CCCCCCC1c1nc(-c2ccc3c(c2)CCO3)no1. The van der Waals surface area contributed by atoms with Gasteiger partial charge in [-0.1, -0.05) is 30.8 Å². The van der Waals surface area contributed by atoms with Crippen LogP contribution in [0.15, 0.2) is 22.7 Å². The van der Waals surface area contributed by atoms with Crippen molar-refractivity contribution >= 4 is 0 Å². The van der Waals surface area contributed by atoms with Crippen molar-refractivity contribution in [3.8, 4) is 17.1 Å². The maximum Gasteiger partial charge on any atom is 0.231 e. The maximum absolute atomic E-state index is 6.36. The zero-order valence-electron chi connectivity index (χ0n) is 13.3. The summed E-state index contributed by atoms with van der Waals surface area (Å²) in [5.74, 6) is 2.52. The maximum atomic E-state index is 6.36. The van der Waals surface area contributed by atoms with Crippen LogP contribution in [-0.2, 0) is 6.42 Å². The number of fused-ring (bicyclic) bond motifs is 1. The Morgan fingerprint density at radius 1 is 1.09 bits per heavy atom. The molecule has 0 amide bonds. The van der Waals surface area contributed by atoms with Gasteiger partial charge in [-0.3, -0.25) is 0 Å². The molecule has 4 rings (SSSR count). The molecule has 2 atom stereocenters. The van der Waals surface area contributed by atoms with Crippen LogP contribution >= 0.6 is 0 Å². The lowest BCUT2D eigenvalue weighted by Gasteiger charge is -2.22. The molecule has 1 aromatic carbocycles. The highest BCUT2D eigenvalue weighted by atomic mass is 16.5. The van der Waals surface area contributed by atoms with Crippen LogP contribution in [0.5, 0.6) is 5.75 Å². The van der Waals surface area contributed by atoms with E-state index < -0.39 is 0 Å². The number of aromatic nitrogens is 2. The normalized spacial score (nSPS) is 24.6. The fourth-order valence-corrected chi connectivity index (χ4v) is 3.65. The lowest BCUT2D eigenvalue weighted by Crippen LogP contribution is -2.29. The van der Waals surface area contributed by atoms with E-state index in [-0.39, 0.29) is 12.0 Å². The van der Waals surface area contributed by atoms with Gasteiger partial charge in [0.25, 0.3) is 0 Å². The Kier molecular flexibility index (Phi) is 4.04. The molecule has 1 saturated carbocycles. The summed E-state index contributed by atoms with van der Waals surface area (Å²) in [6, 6.07) is 6.22. The van der Waals surface area contributed by atoms with Crippen LogP contribution in [0.25, 0.3) is 11.4 Å². The first-order chi connectivity index (χ1) is 11.3. The minimum absolute atomic E-state index is 0.122. The quantitative estimate of drug-likeness (QED) is 0.919. The number of nitrogens with zero attached hydrogens (tertiary/aromatic N) is 2. The monoisotopic (exact) mass is 313 g/mol. The predicted octanol–water partition coefficient (Wildman–Crippen LogP) is 3.44. The highest BCUT2D eigenvalue weighted by Gasteiger charge is 2.27.